The van der Waals surface area contributed by atoms with E-state index >= 15 is 0 Å². The van der Waals surface area contributed by atoms with E-state index in [0.717, 1.165) is 37.7 Å². The summed E-state index contributed by atoms with van der Waals surface area (Å²) in [7, 11) is 0. The second kappa shape index (κ2) is 7.25. The monoisotopic (exact) mass is 330 g/mol. The summed E-state index contributed by atoms with van der Waals surface area (Å²) in [5.74, 6) is -1.59. The summed E-state index contributed by atoms with van der Waals surface area (Å²) in [5.41, 5.74) is 3.14. The first-order valence-electron chi connectivity index (χ1n) is 8.41. The molecule has 1 atom stereocenters. The maximum Gasteiger partial charge on any atom is 0.162 e. The van der Waals surface area contributed by atoms with E-state index in [-0.39, 0.29) is 11.7 Å². The Bertz CT molecular complexity index is 762. The Morgan fingerprint density at radius 2 is 1.83 bits per heavy atom. The van der Waals surface area contributed by atoms with Gasteiger partial charge < -0.3 is 0 Å². The molecule has 3 rings (SSSR count). The van der Waals surface area contributed by atoms with Crippen molar-refractivity contribution in [1.82, 2.24) is 0 Å². The lowest BCUT2D eigenvalue weighted by molar-refractivity contribution is 0.472. The third-order valence-corrected chi connectivity index (χ3v) is 4.87. The fraction of sp³-hybridized carbons (Fsp3) is 0.333. The molecule has 0 fully saturated rings. The molecule has 0 aromatic heterocycles. The molecule has 0 radical (unpaired) electrons. The zero-order chi connectivity index (χ0) is 17.1. The molecule has 0 nitrogen and oxygen atoms in total. The second-order valence-electron chi connectivity index (χ2n) is 6.56. The summed E-state index contributed by atoms with van der Waals surface area (Å²) in [5, 5.41) is 0. The number of hydrogen-bond donors (Lipinski definition) is 0. The summed E-state index contributed by atoms with van der Waals surface area (Å²) in [6, 6.07) is 10.0. The molecule has 1 aliphatic carbocycles. The maximum atomic E-state index is 14.1. The predicted molar refractivity (Wildman–Crippen MR) is 90.5 cm³/mol. The number of rotatable bonds is 4. The Kier molecular flexibility index (Phi) is 5.08. The van der Waals surface area contributed by atoms with Crippen molar-refractivity contribution in [2.45, 2.75) is 44.9 Å². The van der Waals surface area contributed by atoms with Crippen LogP contribution in [0.5, 0.6) is 0 Å². The molecule has 3 heteroatoms. The standard InChI is InChI=1S/C21H21F3/c1-14-5-12-19(21(24)20(14)23)17-10-8-15(9-11-17)6-7-16-3-2-4-18(22)13-16/h2-5,8,12-13,17H,6-7,9-11H2,1H3. The molecule has 0 amide bonds. The van der Waals surface area contributed by atoms with Gasteiger partial charge in [-0.1, -0.05) is 35.9 Å². The van der Waals surface area contributed by atoms with Crippen LogP contribution in [0.2, 0.25) is 0 Å². The smallest absolute Gasteiger partial charge is 0.162 e. The molecule has 0 N–H and O–H groups in total. The van der Waals surface area contributed by atoms with E-state index in [1.54, 1.807) is 31.2 Å². The molecule has 24 heavy (non-hydrogen) atoms. The Labute approximate surface area is 141 Å². The van der Waals surface area contributed by atoms with Gasteiger partial charge in [-0.2, -0.15) is 0 Å². The predicted octanol–water partition coefficient (Wildman–Crippen LogP) is 6.24. The highest BCUT2D eigenvalue weighted by Crippen LogP contribution is 2.35. The minimum absolute atomic E-state index is 0.0398. The molecule has 2 aromatic rings. The van der Waals surface area contributed by atoms with E-state index in [2.05, 4.69) is 6.08 Å². The van der Waals surface area contributed by atoms with E-state index in [1.807, 2.05) is 6.07 Å². The molecule has 0 heterocycles. The lowest BCUT2D eigenvalue weighted by Crippen LogP contribution is -2.08. The van der Waals surface area contributed by atoms with Crippen molar-refractivity contribution in [1.29, 1.82) is 0 Å². The zero-order valence-electron chi connectivity index (χ0n) is 13.8. The largest absolute Gasteiger partial charge is 0.207 e. The molecule has 1 unspecified atom stereocenters. The van der Waals surface area contributed by atoms with Gasteiger partial charge >= 0.3 is 0 Å². The summed E-state index contributed by atoms with van der Waals surface area (Å²) in [6.45, 7) is 1.58. The first-order chi connectivity index (χ1) is 11.5. The van der Waals surface area contributed by atoms with Crippen LogP contribution >= 0.6 is 0 Å². The minimum Gasteiger partial charge on any atom is -0.207 e. The minimum atomic E-state index is -0.728. The van der Waals surface area contributed by atoms with Gasteiger partial charge in [0, 0.05) is 0 Å². The third-order valence-electron chi connectivity index (χ3n) is 4.87. The van der Waals surface area contributed by atoms with Crippen molar-refractivity contribution < 1.29 is 13.2 Å². The number of halogens is 3. The van der Waals surface area contributed by atoms with Crippen LogP contribution < -0.4 is 0 Å². The molecule has 0 spiro atoms. The first kappa shape index (κ1) is 16.8. The Balaban J connectivity index is 1.63. The van der Waals surface area contributed by atoms with Gasteiger partial charge in [-0.05, 0) is 73.8 Å². The average molecular weight is 330 g/mol. The highest BCUT2D eigenvalue weighted by atomic mass is 19.2. The number of benzene rings is 2. The molecule has 0 aliphatic heterocycles. The summed E-state index contributed by atoms with van der Waals surface area (Å²) < 4.78 is 41.1. The molecule has 0 saturated heterocycles. The van der Waals surface area contributed by atoms with Gasteiger partial charge in [0.25, 0.3) is 0 Å². The van der Waals surface area contributed by atoms with E-state index in [9.17, 15) is 13.2 Å². The van der Waals surface area contributed by atoms with Gasteiger partial charge in [0.1, 0.15) is 5.82 Å². The van der Waals surface area contributed by atoms with Crippen LogP contribution in [0, 0.1) is 24.4 Å². The van der Waals surface area contributed by atoms with Crippen LogP contribution in [0.4, 0.5) is 13.2 Å². The highest BCUT2D eigenvalue weighted by molar-refractivity contribution is 5.30. The van der Waals surface area contributed by atoms with Gasteiger partial charge in [-0.15, -0.1) is 0 Å². The van der Waals surface area contributed by atoms with Crippen molar-refractivity contribution in [3.8, 4) is 0 Å². The zero-order valence-corrected chi connectivity index (χ0v) is 13.8. The topological polar surface area (TPSA) is 0 Å². The lowest BCUT2D eigenvalue weighted by atomic mass is 9.82. The van der Waals surface area contributed by atoms with Crippen LogP contribution in [-0.4, -0.2) is 0 Å². The Hall–Kier alpha value is -2.03. The van der Waals surface area contributed by atoms with Gasteiger partial charge in [-0.3, -0.25) is 0 Å². The molecular weight excluding hydrogens is 309 g/mol. The summed E-state index contributed by atoms with van der Waals surface area (Å²) in [6.07, 6.45) is 6.29. The number of allylic oxidation sites excluding steroid dienone is 2. The normalized spacial score (nSPS) is 17.7. The Morgan fingerprint density at radius 3 is 2.54 bits per heavy atom. The molecule has 0 saturated carbocycles. The van der Waals surface area contributed by atoms with Gasteiger partial charge in [-0.25, -0.2) is 13.2 Å². The van der Waals surface area contributed by atoms with Crippen LogP contribution in [0.25, 0.3) is 0 Å². The van der Waals surface area contributed by atoms with Crippen LogP contribution in [0.15, 0.2) is 48.0 Å². The molecular formula is C21H21F3. The third kappa shape index (κ3) is 3.72. The van der Waals surface area contributed by atoms with Crippen molar-refractivity contribution in [3.05, 3.63) is 82.2 Å². The highest BCUT2D eigenvalue weighted by Gasteiger charge is 2.21. The SMILES string of the molecule is Cc1ccc(C2CC=C(CCc3cccc(F)c3)CC2)c(F)c1F. The maximum absolute atomic E-state index is 14.1. The fourth-order valence-electron chi connectivity index (χ4n) is 3.37. The Morgan fingerprint density at radius 1 is 1.00 bits per heavy atom. The molecule has 0 bridgehead atoms. The first-order valence-corrected chi connectivity index (χ1v) is 8.41. The lowest BCUT2D eigenvalue weighted by Gasteiger charge is -2.23. The van der Waals surface area contributed by atoms with Crippen LogP contribution in [-0.2, 0) is 6.42 Å². The van der Waals surface area contributed by atoms with E-state index < -0.39 is 11.6 Å². The van der Waals surface area contributed by atoms with Gasteiger partial charge in [0.15, 0.2) is 11.6 Å². The van der Waals surface area contributed by atoms with Gasteiger partial charge in [0.2, 0.25) is 0 Å². The quantitative estimate of drug-likeness (QED) is 0.582. The molecule has 1 aliphatic rings. The van der Waals surface area contributed by atoms with E-state index in [0.29, 0.717) is 11.1 Å². The van der Waals surface area contributed by atoms with Crippen molar-refractivity contribution in [2.24, 2.45) is 0 Å². The molecule has 126 valence electrons. The van der Waals surface area contributed by atoms with Crippen molar-refractivity contribution >= 4 is 0 Å². The fourth-order valence-corrected chi connectivity index (χ4v) is 3.37. The van der Waals surface area contributed by atoms with Crippen LogP contribution in [0.3, 0.4) is 0 Å². The van der Waals surface area contributed by atoms with Crippen molar-refractivity contribution in [3.63, 3.8) is 0 Å². The van der Waals surface area contributed by atoms with E-state index in [4.69, 9.17) is 0 Å². The number of hydrogen-bond acceptors (Lipinski definition) is 0. The van der Waals surface area contributed by atoms with E-state index in [1.165, 1.54) is 11.6 Å². The van der Waals surface area contributed by atoms with Crippen LogP contribution in [0.1, 0.15) is 48.3 Å². The summed E-state index contributed by atoms with van der Waals surface area (Å²) in [4.78, 5) is 0. The number of aryl methyl sites for hydroxylation is 2. The second-order valence-corrected chi connectivity index (χ2v) is 6.56. The van der Waals surface area contributed by atoms with Gasteiger partial charge in [0.05, 0.1) is 0 Å². The molecule has 2 aromatic carbocycles. The van der Waals surface area contributed by atoms with Crippen molar-refractivity contribution in [2.75, 3.05) is 0 Å². The summed E-state index contributed by atoms with van der Waals surface area (Å²) >= 11 is 0. The average Bonchev–Trinajstić information content (AvgIpc) is 2.59.